The molecule has 2 aliphatic carbocycles. The number of allylic oxidation sites excluding steroid dienone is 2. The molecule has 34 heavy (non-hydrogen) atoms. The van der Waals surface area contributed by atoms with Crippen LogP contribution in [0.2, 0.25) is 5.02 Å². The van der Waals surface area contributed by atoms with Gasteiger partial charge in [-0.15, -0.1) is 0 Å². The van der Waals surface area contributed by atoms with Crippen LogP contribution in [0.25, 0.3) is 0 Å². The molecule has 1 aromatic rings. The number of halogens is 1. The Morgan fingerprint density at radius 3 is 2.47 bits per heavy atom. The number of rotatable bonds is 7. The van der Waals surface area contributed by atoms with Gasteiger partial charge in [0.2, 0.25) is 0 Å². The Morgan fingerprint density at radius 2 is 1.82 bits per heavy atom. The highest BCUT2D eigenvalue weighted by molar-refractivity contribution is 6.32. The summed E-state index contributed by atoms with van der Waals surface area (Å²) in [6.07, 6.45) is 6.37. The van der Waals surface area contributed by atoms with Crippen molar-refractivity contribution in [3.63, 3.8) is 0 Å². The van der Waals surface area contributed by atoms with Crippen LogP contribution in [0.15, 0.2) is 29.4 Å². The van der Waals surface area contributed by atoms with Crippen LogP contribution in [-0.2, 0) is 19.1 Å². The van der Waals surface area contributed by atoms with Crippen molar-refractivity contribution in [1.29, 1.82) is 0 Å². The second kappa shape index (κ2) is 9.38. The molecular weight excluding hydrogens is 462 g/mol. The maximum Gasteiger partial charge on any atom is 0.260 e. The van der Waals surface area contributed by atoms with Crippen LogP contribution in [-0.4, -0.2) is 73.4 Å². The van der Waals surface area contributed by atoms with E-state index in [9.17, 15) is 14.4 Å². The SMILES string of the molecule is CCOc1cc(C=NN2C(=O)[C@@H]3[C@H](C2=O)[C@H]2C=C[C@H]3C2)cc(Cl)c1OCC(=O)N1CCOCC1. The first kappa shape index (κ1) is 22.9. The van der Waals surface area contributed by atoms with Gasteiger partial charge in [0.1, 0.15) is 0 Å². The minimum absolute atomic E-state index is 0.127. The van der Waals surface area contributed by atoms with E-state index in [0.29, 0.717) is 44.2 Å². The van der Waals surface area contributed by atoms with Gasteiger partial charge in [0.25, 0.3) is 17.7 Å². The number of carbonyl (C=O) groups is 3. The Morgan fingerprint density at radius 1 is 1.15 bits per heavy atom. The van der Waals surface area contributed by atoms with Gasteiger partial charge in [-0.1, -0.05) is 23.8 Å². The molecule has 1 saturated carbocycles. The minimum Gasteiger partial charge on any atom is -0.490 e. The summed E-state index contributed by atoms with van der Waals surface area (Å²) in [5.74, 6) is -0.403. The summed E-state index contributed by atoms with van der Waals surface area (Å²) in [7, 11) is 0. The number of morpholine rings is 1. The van der Waals surface area contributed by atoms with Crippen LogP contribution >= 0.6 is 11.6 Å². The van der Waals surface area contributed by atoms with Gasteiger partial charge in [-0.25, -0.2) is 0 Å². The van der Waals surface area contributed by atoms with E-state index in [-0.39, 0.29) is 58.8 Å². The molecule has 2 bridgehead atoms. The molecule has 0 spiro atoms. The van der Waals surface area contributed by atoms with Gasteiger partial charge in [-0.05, 0) is 42.9 Å². The number of hydrogen-bond acceptors (Lipinski definition) is 7. The number of nitrogens with zero attached hydrogens (tertiary/aromatic N) is 3. The first-order valence-electron chi connectivity index (χ1n) is 11.5. The molecule has 0 unspecified atom stereocenters. The first-order chi connectivity index (χ1) is 16.5. The third-order valence-corrected chi connectivity index (χ3v) is 7.09. The number of hydrazone groups is 1. The minimum atomic E-state index is -0.304. The van der Waals surface area contributed by atoms with E-state index in [0.717, 1.165) is 11.4 Å². The lowest BCUT2D eigenvalue weighted by atomic mass is 9.85. The number of imide groups is 1. The van der Waals surface area contributed by atoms with Crippen LogP contribution in [0.3, 0.4) is 0 Å². The third kappa shape index (κ3) is 4.07. The van der Waals surface area contributed by atoms with E-state index in [1.165, 1.54) is 6.21 Å². The highest BCUT2D eigenvalue weighted by Crippen LogP contribution is 2.52. The van der Waals surface area contributed by atoms with Gasteiger partial charge in [0.05, 0.1) is 42.9 Å². The van der Waals surface area contributed by atoms with Crippen LogP contribution in [0.1, 0.15) is 18.9 Å². The van der Waals surface area contributed by atoms with Crippen LogP contribution in [0.5, 0.6) is 11.5 Å². The summed E-state index contributed by atoms with van der Waals surface area (Å²) in [5.41, 5.74) is 0.541. The Balaban J connectivity index is 1.30. The number of carbonyl (C=O) groups excluding carboxylic acids is 3. The summed E-state index contributed by atoms with van der Waals surface area (Å²) in [6.45, 7) is 4.06. The average molecular weight is 488 g/mol. The smallest absolute Gasteiger partial charge is 0.260 e. The van der Waals surface area contributed by atoms with E-state index in [1.807, 2.05) is 19.1 Å². The van der Waals surface area contributed by atoms with Crippen LogP contribution < -0.4 is 9.47 Å². The fourth-order valence-electron chi connectivity index (χ4n) is 5.23. The van der Waals surface area contributed by atoms with Crippen LogP contribution in [0.4, 0.5) is 0 Å². The van der Waals surface area contributed by atoms with E-state index < -0.39 is 0 Å². The number of fused-ring (bicyclic) bond motifs is 5. The standard InChI is InChI=1S/C24H26ClN3O6/c1-2-33-18-10-14(9-17(25)22(18)34-13-19(29)27-5-7-32-8-6-27)12-26-28-23(30)20-15-3-4-16(11-15)21(20)24(28)31/h3-4,9-10,12,15-16,20-21H,2,5-8,11,13H2,1H3/t15-,16-,20-,21+/m0/s1. The molecule has 5 rings (SSSR count). The zero-order chi connectivity index (χ0) is 23.8. The quantitative estimate of drug-likeness (QED) is 0.332. The molecule has 10 heteroatoms. The summed E-state index contributed by atoms with van der Waals surface area (Å²) in [6, 6.07) is 3.25. The van der Waals surface area contributed by atoms with Crippen molar-refractivity contribution in [3.05, 3.63) is 34.9 Å². The number of amides is 3. The van der Waals surface area contributed by atoms with Crippen molar-refractivity contribution in [2.75, 3.05) is 39.5 Å². The van der Waals surface area contributed by atoms with Gasteiger partial charge < -0.3 is 19.1 Å². The van der Waals surface area contributed by atoms with Crippen molar-refractivity contribution in [2.24, 2.45) is 28.8 Å². The normalized spacial score (nSPS) is 27.7. The Kier molecular flexibility index (Phi) is 6.31. The fraction of sp³-hybridized carbons (Fsp3) is 0.500. The Bertz CT molecular complexity index is 1040. The first-order valence-corrected chi connectivity index (χ1v) is 11.9. The number of ether oxygens (including phenoxy) is 3. The zero-order valence-electron chi connectivity index (χ0n) is 18.8. The summed E-state index contributed by atoms with van der Waals surface area (Å²) in [4.78, 5) is 39.8. The number of hydrogen-bond donors (Lipinski definition) is 0. The van der Waals surface area contributed by atoms with Crippen molar-refractivity contribution in [3.8, 4) is 11.5 Å². The predicted molar refractivity (Wildman–Crippen MR) is 123 cm³/mol. The largest absolute Gasteiger partial charge is 0.490 e. The van der Waals surface area contributed by atoms with E-state index in [1.54, 1.807) is 17.0 Å². The molecule has 0 radical (unpaired) electrons. The highest BCUT2D eigenvalue weighted by atomic mass is 35.5. The summed E-state index contributed by atoms with van der Waals surface area (Å²) in [5, 5.41) is 5.42. The highest BCUT2D eigenvalue weighted by Gasteiger charge is 2.59. The number of benzene rings is 1. The molecule has 3 amide bonds. The maximum absolute atomic E-state index is 12.8. The van der Waals surface area contributed by atoms with E-state index >= 15 is 0 Å². The monoisotopic (exact) mass is 487 g/mol. The van der Waals surface area contributed by atoms with Gasteiger partial charge in [-0.2, -0.15) is 10.1 Å². The molecule has 2 heterocycles. The second-order valence-corrected chi connectivity index (χ2v) is 9.18. The van der Waals surface area contributed by atoms with Crippen LogP contribution in [0, 0.1) is 23.7 Å². The van der Waals surface area contributed by atoms with Crippen molar-refractivity contribution < 1.29 is 28.6 Å². The van der Waals surface area contributed by atoms with Crippen molar-refractivity contribution in [1.82, 2.24) is 9.91 Å². The molecule has 1 aromatic carbocycles. The van der Waals surface area contributed by atoms with E-state index in [2.05, 4.69) is 5.10 Å². The predicted octanol–water partition coefficient (Wildman–Crippen LogP) is 2.12. The summed E-state index contributed by atoms with van der Waals surface area (Å²) < 4.78 is 16.7. The zero-order valence-corrected chi connectivity index (χ0v) is 19.6. The summed E-state index contributed by atoms with van der Waals surface area (Å²) >= 11 is 6.45. The maximum atomic E-state index is 12.8. The molecule has 0 aromatic heterocycles. The molecule has 2 saturated heterocycles. The molecule has 9 nitrogen and oxygen atoms in total. The molecule has 3 fully saturated rings. The third-order valence-electron chi connectivity index (χ3n) is 6.80. The Hall–Kier alpha value is -2.91. The van der Waals surface area contributed by atoms with Gasteiger partial charge in [-0.3, -0.25) is 14.4 Å². The van der Waals surface area contributed by atoms with Gasteiger partial charge in [0.15, 0.2) is 18.1 Å². The molecule has 4 atom stereocenters. The van der Waals surface area contributed by atoms with Gasteiger partial charge in [0, 0.05) is 13.1 Å². The van der Waals surface area contributed by atoms with Crippen molar-refractivity contribution in [2.45, 2.75) is 13.3 Å². The topological polar surface area (TPSA) is 97.7 Å². The Labute approximate surface area is 202 Å². The molecule has 0 N–H and O–H groups in total. The molecule has 4 aliphatic rings. The van der Waals surface area contributed by atoms with Crippen molar-refractivity contribution >= 4 is 35.5 Å². The average Bonchev–Trinajstić information content (AvgIpc) is 3.52. The van der Waals surface area contributed by atoms with E-state index in [4.69, 9.17) is 25.8 Å². The molecular formula is C24H26ClN3O6. The lowest BCUT2D eigenvalue weighted by Crippen LogP contribution is -2.43. The fourth-order valence-corrected chi connectivity index (χ4v) is 5.50. The lowest BCUT2D eigenvalue weighted by Gasteiger charge is -2.27. The second-order valence-electron chi connectivity index (χ2n) is 8.78. The van der Waals surface area contributed by atoms with Gasteiger partial charge >= 0.3 is 0 Å². The molecule has 2 aliphatic heterocycles. The lowest BCUT2D eigenvalue weighted by molar-refractivity contribution is -0.140. The molecule has 180 valence electrons.